The van der Waals surface area contributed by atoms with E-state index in [9.17, 15) is 14.0 Å². The number of nitrogens with one attached hydrogen (secondary N) is 2. The van der Waals surface area contributed by atoms with Crippen LogP contribution >= 0.6 is 24.8 Å². The number of amides is 1. The van der Waals surface area contributed by atoms with E-state index in [4.69, 9.17) is 4.74 Å². The van der Waals surface area contributed by atoms with E-state index in [-0.39, 0.29) is 54.7 Å². The number of piperidine rings is 1. The molecule has 0 radical (unpaired) electrons. The number of halogens is 3. The molecule has 6 rings (SSSR count). The number of aromatic nitrogens is 3. The second kappa shape index (κ2) is 10.7. The lowest BCUT2D eigenvalue weighted by Crippen LogP contribution is -2.50. The van der Waals surface area contributed by atoms with Crippen LogP contribution in [0.1, 0.15) is 24.1 Å². The van der Waals surface area contributed by atoms with E-state index in [1.165, 1.54) is 12.3 Å². The standard InChI is InChI=1S/C24H25FN6O3.2ClH/c25-18-2-3-19-23-17(18)9-16(12-31(23)22(33)11-27-19)30-7-5-14(6-8-30)26-10-15-1-4-20-24(28-15)29-21(32)13-34-20;;/h1-4,11,14,16,26H,5-10,12-13H2,(H,28,29,32);2*1H. The van der Waals surface area contributed by atoms with Crippen LogP contribution in [0, 0.1) is 5.82 Å². The number of benzene rings is 1. The number of anilines is 1. The second-order valence-electron chi connectivity index (χ2n) is 9.14. The Morgan fingerprint density at radius 3 is 2.75 bits per heavy atom. The summed E-state index contributed by atoms with van der Waals surface area (Å²) in [6.45, 7) is 2.91. The molecule has 9 nitrogen and oxygen atoms in total. The highest BCUT2D eigenvalue weighted by Crippen LogP contribution is 2.29. The zero-order valence-electron chi connectivity index (χ0n) is 19.4. The molecule has 12 heteroatoms. The minimum Gasteiger partial charge on any atom is -0.480 e. The van der Waals surface area contributed by atoms with Crippen LogP contribution in [0.4, 0.5) is 10.2 Å². The molecule has 1 fully saturated rings. The van der Waals surface area contributed by atoms with Crippen molar-refractivity contribution in [1.82, 2.24) is 24.8 Å². The summed E-state index contributed by atoms with van der Waals surface area (Å²) in [5.74, 6) is 0.592. The van der Waals surface area contributed by atoms with Crippen molar-refractivity contribution in [2.24, 2.45) is 0 Å². The topological polar surface area (TPSA) is 101 Å². The van der Waals surface area contributed by atoms with Crippen molar-refractivity contribution in [3.8, 4) is 5.75 Å². The number of hydrogen-bond acceptors (Lipinski definition) is 7. The molecule has 0 bridgehead atoms. The molecule has 3 aromatic rings. The van der Waals surface area contributed by atoms with Gasteiger partial charge in [0.1, 0.15) is 5.82 Å². The highest BCUT2D eigenvalue weighted by molar-refractivity contribution is 5.94. The lowest BCUT2D eigenvalue weighted by Gasteiger charge is -2.40. The number of hydrogen-bond donors (Lipinski definition) is 2. The Balaban J connectivity index is 0.00000152. The third-order valence-electron chi connectivity index (χ3n) is 7.04. The molecular weight excluding hydrogens is 510 g/mol. The number of ether oxygens (including phenoxy) is 1. The summed E-state index contributed by atoms with van der Waals surface area (Å²) in [6, 6.07) is 7.24. The molecule has 5 heterocycles. The summed E-state index contributed by atoms with van der Waals surface area (Å²) >= 11 is 0. The van der Waals surface area contributed by atoms with Crippen molar-refractivity contribution in [3.05, 3.63) is 57.9 Å². The smallest absolute Gasteiger partial charge is 0.269 e. The zero-order chi connectivity index (χ0) is 23.2. The molecule has 1 amide bonds. The van der Waals surface area contributed by atoms with E-state index in [0.29, 0.717) is 53.7 Å². The van der Waals surface area contributed by atoms with Gasteiger partial charge in [-0.1, -0.05) is 0 Å². The Morgan fingerprint density at radius 2 is 1.94 bits per heavy atom. The van der Waals surface area contributed by atoms with Crippen LogP contribution in [0.5, 0.6) is 5.75 Å². The van der Waals surface area contributed by atoms with Crippen molar-refractivity contribution < 1.29 is 13.9 Å². The SMILES string of the molecule is Cl.Cl.O=C1COc2ccc(CNC3CCN(C4Cc5c(F)ccc6ncc(=O)n(c56)C4)CC3)nc2N1. The average molecular weight is 537 g/mol. The molecule has 192 valence electrons. The van der Waals surface area contributed by atoms with Crippen LogP contribution in [0.2, 0.25) is 0 Å². The van der Waals surface area contributed by atoms with Crippen molar-refractivity contribution in [1.29, 1.82) is 0 Å². The van der Waals surface area contributed by atoms with Gasteiger partial charge >= 0.3 is 0 Å². The molecule has 0 aliphatic carbocycles. The second-order valence-corrected chi connectivity index (χ2v) is 9.14. The molecular formula is C24H27Cl2FN6O3. The zero-order valence-corrected chi connectivity index (χ0v) is 21.0. The normalized spacial score (nSPS) is 19.5. The van der Waals surface area contributed by atoms with Gasteiger partial charge in [0.15, 0.2) is 18.2 Å². The van der Waals surface area contributed by atoms with Gasteiger partial charge in [0, 0.05) is 30.7 Å². The minimum atomic E-state index is -0.269. The maximum Gasteiger partial charge on any atom is 0.269 e. The molecule has 3 aliphatic rings. The fraction of sp³-hybridized carbons (Fsp3) is 0.417. The van der Waals surface area contributed by atoms with E-state index < -0.39 is 0 Å². The molecule has 36 heavy (non-hydrogen) atoms. The van der Waals surface area contributed by atoms with Gasteiger partial charge in [-0.15, -0.1) is 24.8 Å². The molecule has 1 aromatic carbocycles. The highest BCUT2D eigenvalue weighted by atomic mass is 35.5. The van der Waals surface area contributed by atoms with Gasteiger partial charge in [-0.2, -0.15) is 0 Å². The molecule has 3 aliphatic heterocycles. The van der Waals surface area contributed by atoms with Crippen molar-refractivity contribution in [2.45, 2.75) is 44.4 Å². The summed E-state index contributed by atoms with van der Waals surface area (Å²) in [6.07, 6.45) is 3.81. The van der Waals surface area contributed by atoms with E-state index in [0.717, 1.165) is 31.6 Å². The average Bonchev–Trinajstić information content (AvgIpc) is 2.86. The number of carbonyl (C=O) groups is 1. The number of carbonyl (C=O) groups excluding carboxylic acids is 1. The quantitative estimate of drug-likeness (QED) is 0.527. The van der Waals surface area contributed by atoms with Crippen LogP contribution < -0.4 is 20.9 Å². The van der Waals surface area contributed by atoms with Crippen molar-refractivity contribution in [3.63, 3.8) is 0 Å². The largest absolute Gasteiger partial charge is 0.480 e. The molecule has 1 unspecified atom stereocenters. The predicted molar refractivity (Wildman–Crippen MR) is 138 cm³/mol. The number of pyridine rings is 1. The number of likely N-dealkylation sites (tertiary alicyclic amines) is 1. The third kappa shape index (κ3) is 4.90. The van der Waals surface area contributed by atoms with Crippen molar-refractivity contribution >= 4 is 47.6 Å². The Labute approximate surface area is 219 Å². The Bertz CT molecular complexity index is 1350. The monoisotopic (exact) mass is 536 g/mol. The first-order valence-corrected chi connectivity index (χ1v) is 11.6. The summed E-state index contributed by atoms with van der Waals surface area (Å²) < 4.78 is 21.7. The van der Waals surface area contributed by atoms with Crippen LogP contribution in [-0.2, 0) is 24.3 Å². The minimum absolute atomic E-state index is 0. The van der Waals surface area contributed by atoms with Crippen molar-refractivity contribution in [2.75, 3.05) is 25.0 Å². The highest BCUT2D eigenvalue weighted by Gasteiger charge is 2.31. The molecule has 2 N–H and O–H groups in total. The van der Waals surface area contributed by atoms with Gasteiger partial charge in [0.25, 0.3) is 11.5 Å². The van der Waals surface area contributed by atoms with Gasteiger partial charge in [0.05, 0.1) is 22.9 Å². The fourth-order valence-corrected chi connectivity index (χ4v) is 5.26. The first-order chi connectivity index (χ1) is 16.5. The predicted octanol–water partition coefficient (Wildman–Crippen LogP) is 2.28. The molecule has 0 spiro atoms. The van der Waals surface area contributed by atoms with E-state index in [2.05, 4.69) is 25.5 Å². The lowest BCUT2D eigenvalue weighted by molar-refractivity contribution is -0.118. The van der Waals surface area contributed by atoms with Gasteiger partial charge in [-0.05, 0) is 56.6 Å². The number of fused-ring (bicyclic) bond motifs is 1. The van der Waals surface area contributed by atoms with Gasteiger partial charge in [-0.25, -0.2) is 14.4 Å². The van der Waals surface area contributed by atoms with Gasteiger partial charge < -0.3 is 19.9 Å². The summed E-state index contributed by atoms with van der Waals surface area (Å²) in [4.78, 5) is 35.1. The van der Waals surface area contributed by atoms with Gasteiger partial charge in [0.2, 0.25) is 0 Å². The lowest BCUT2D eigenvalue weighted by atomic mass is 9.95. The van der Waals surface area contributed by atoms with Crippen LogP contribution in [0.15, 0.2) is 35.3 Å². The number of rotatable bonds is 4. The molecule has 1 atom stereocenters. The van der Waals surface area contributed by atoms with Crippen LogP contribution in [0.3, 0.4) is 0 Å². The first kappa shape index (κ1) is 26.3. The number of nitrogens with zero attached hydrogens (tertiary/aromatic N) is 4. The first-order valence-electron chi connectivity index (χ1n) is 11.6. The van der Waals surface area contributed by atoms with Crippen LogP contribution in [-0.4, -0.2) is 57.1 Å². The van der Waals surface area contributed by atoms with E-state index >= 15 is 0 Å². The van der Waals surface area contributed by atoms with E-state index in [1.807, 2.05) is 12.1 Å². The maximum absolute atomic E-state index is 14.6. The van der Waals surface area contributed by atoms with Gasteiger partial charge in [-0.3, -0.25) is 14.5 Å². The summed E-state index contributed by atoms with van der Waals surface area (Å²) in [5.41, 5.74) is 2.56. The summed E-state index contributed by atoms with van der Waals surface area (Å²) in [5, 5.41) is 6.30. The van der Waals surface area contributed by atoms with E-state index in [1.54, 1.807) is 10.6 Å². The summed E-state index contributed by atoms with van der Waals surface area (Å²) in [7, 11) is 0. The fourth-order valence-electron chi connectivity index (χ4n) is 5.26. The molecule has 0 saturated carbocycles. The third-order valence-corrected chi connectivity index (χ3v) is 7.04. The Kier molecular flexibility index (Phi) is 7.79. The van der Waals surface area contributed by atoms with Crippen LogP contribution in [0.25, 0.3) is 11.0 Å². The Morgan fingerprint density at radius 1 is 1.14 bits per heavy atom. The Hall–Kier alpha value is -2.79. The molecule has 2 aromatic heterocycles. The maximum atomic E-state index is 14.6. The molecule has 1 saturated heterocycles.